The van der Waals surface area contributed by atoms with Crippen LogP contribution in [0.25, 0.3) is 0 Å². The molecule has 3 fully saturated rings. The molecule has 0 amide bonds. The fourth-order valence-electron chi connectivity index (χ4n) is 8.33. The van der Waals surface area contributed by atoms with Gasteiger partial charge in [-0.1, -0.05) is 72.8 Å². The summed E-state index contributed by atoms with van der Waals surface area (Å²) in [6.07, 6.45) is 0.629. The van der Waals surface area contributed by atoms with Crippen LogP contribution in [0.5, 0.6) is 0 Å². The molecule has 0 spiro atoms. The molecule has 7 aliphatic heterocycles. The summed E-state index contributed by atoms with van der Waals surface area (Å²) in [6, 6.07) is 29.4. The second kappa shape index (κ2) is 7.96. The van der Waals surface area contributed by atoms with Crippen LogP contribution in [-0.4, -0.2) is 88.7 Å². The third-order valence-corrected chi connectivity index (χ3v) is 9.82. The predicted molar refractivity (Wildman–Crippen MR) is 143 cm³/mol. The van der Waals surface area contributed by atoms with Crippen LogP contribution in [0, 0.1) is 0 Å². The molecule has 3 aromatic rings. The fraction of sp³-hybridized carbons (Fsp3) is 0.419. The summed E-state index contributed by atoms with van der Waals surface area (Å²) in [5.74, 6) is 0. The minimum Gasteiger partial charge on any atom is -0.278 e. The first-order valence-electron chi connectivity index (χ1n) is 14.0. The minimum absolute atomic E-state index is 0.272. The van der Waals surface area contributed by atoms with Crippen molar-refractivity contribution in [3.05, 3.63) is 106 Å². The predicted octanol–water partition coefficient (Wildman–Crippen LogP) is 3.63. The molecule has 0 aliphatic carbocycles. The number of benzene rings is 3. The van der Waals surface area contributed by atoms with Crippen molar-refractivity contribution in [1.29, 1.82) is 0 Å². The Morgan fingerprint density at radius 1 is 0.378 bits per heavy atom. The SMILES string of the molecule is c1cc2cc(c1)C1c3cccc(c3)C3N4CCN(C4)C2c2cccc(c2)C(N2CCN1C2)N1CCN3C1. The zero-order valence-corrected chi connectivity index (χ0v) is 21.3. The van der Waals surface area contributed by atoms with E-state index in [4.69, 9.17) is 0 Å². The van der Waals surface area contributed by atoms with Crippen LogP contribution >= 0.6 is 0 Å². The van der Waals surface area contributed by atoms with Crippen molar-refractivity contribution in [1.82, 2.24) is 29.4 Å². The molecule has 3 saturated heterocycles. The molecule has 6 nitrogen and oxygen atoms in total. The molecule has 3 aromatic carbocycles. The fourth-order valence-corrected chi connectivity index (χ4v) is 8.33. The van der Waals surface area contributed by atoms with Crippen LogP contribution < -0.4 is 0 Å². The van der Waals surface area contributed by atoms with Gasteiger partial charge in [0.05, 0.1) is 44.4 Å². The molecule has 0 N–H and O–H groups in total. The maximum Gasteiger partial charge on any atom is 0.0907 e. The topological polar surface area (TPSA) is 19.4 Å². The van der Waals surface area contributed by atoms with E-state index in [-0.39, 0.29) is 12.1 Å². The minimum atomic E-state index is 0.272. The first-order valence-corrected chi connectivity index (χ1v) is 14.0. The van der Waals surface area contributed by atoms with Crippen molar-refractivity contribution in [3.63, 3.8) is 0 Å². The van der Waals surface area contributed by atoms with Crippen molar-refractivity contribution in [2.24, 2.45) is 0 Å². The Morgan fingerprint density at radius 2 is 0.676 bits per heavy atom. The number of nitrogens with zero attached hydrogens (tertiary/aromatic N) is 6. The zero-order chi connectivity index (χ0) is 24.1. The Labute approximate surface area is 219 Å². The lowest BCUT2D eigenvalue weighted by Gasteiger charge is -2.42. The van der Waals surface area contributed by atoms with E-state index in [0.717, 1.165) is 59.3 Å². The van der Waals surface area contributed by atoms with E-state index < -0.39 is 0 Å². The maximum absolute atomic E-state index is 2.76. The number of rotatable bonds is 0. The van der Waals surface area contributed by atoms with Gasteiger partial charge in [-0.3, -0.25) is 29.4 Å². The number of hydrogen-bond acceptors (Lipinski definition) is 6. The van der Waals surface area contributed by atoms with Crippen LogP contribution in [0.3, 0.4) is 0 Å². The normalized spacial score (nSPS) is 40.5. The Kier molecular flexibility index (Phi) is 4.60. The highest BCUT2D eigenvalue weighted by Gasteiger charge is 2.44. The van der Waals surface area contributed by atoms with E-state index in [1.807, 2.05) is 0 Å². The average molecular weight is 491 g/mol. The molecule has 6 heteroatoms. The summed E-state index contributed by atoms with van der Waals surface area (Å²) in [5.41, 5.74) is 8.68. The van der Waals surface area contributed by atoms with Crippen molar-refractivity contribution >= 4 is 0 Å². The van der Waals surface area contributed by atoms with Crippen LogP contribution in [0.1, 0.15) is 57.8 Å². The van der Waals surface area contributed by atoms with Gasteiger partial charge in [-0.15, -0.1) is 0 Å². The van der Waals surface area contributed by atoms with E-state index in [2.05, 4.69) is 102 Å². The van der Waals surface area contributed by atoms with Crippen LogP contribution in [-0.2, 0) is 0 Å². The smallest absolute Gasteiger partial charge is 0.0907 e. The molecule has 16 bridgehead atoms. The van der Waals surface area contributed by atoms with E-state index >= 15 is 0 Å². The van der Waals surface area contributed by atoms with Gasteiger partial charge < -0.3 is 0 Å². The first kappa shape index (κ1) is 21.4. The zero-order valence-electron chi connectivity index (χ0n) is 21.3. The highest BCUT2D eigenvalue weighted by Crippen LogP contribution is 2.44. The van der Waals surface area contributed by atoms with Crippen molar-refractivity contribution in [2.45, 2.75) is 24.4 Å². The van der Waals surface area contributed by atoms with Crippen LogP contribution in [0.2, 0.25) is 0 Å². The molecular formula is C31H34N6. The third-order valence-electron chi connectivity index (χ3n) is 9.82. The molecule has 10 unspecified atom stereocenters. The first-order chi connectivity index (χ1) is 18.3. The molecule has 188 valence electrons. The molecule has 0 radical (unpaired) electrons. The Balaban J connectivity index is 1.40. The summed E-state index contributed by atoms with van der Waals surface area (Å²) in [5, 5.41) is 0. The van der Waals surface area contributed by atoms with E-state index in [9.17, 15) is 0 Å². The van der Waals surface area contributed by atoms with E-state index in [0.29, 0.717) is 12.3 Å². The van der Waals surface area contributed by atoms with Gasteiger partial charge in [-0.25, -0.2) is 0 Å². The van der Waals surface area contributed by atoms with Gasteiger partial charge in [0.2, 0.25) is 0 Å². The Morgan fingerprint density at radius 3 is 1.08 bits per heavy atom. The van der Waals surface area contributed by atoms with Crippen molar-refractivity contribution in [2.75, 3.05) is 59.3 Å². The van der Waals surface area contributed by atoms with Gasteiger partial charge in [0.15, 0.2) is 0 Å². The van der Waals surface area contributed by atoms with Crippen molar-refractivity contribution in [3.8, 4) is 0 Å². The third kappa shape index (κ3) is 3.15. The summed E-state index contributed by atoms with van der Waals surface area (Å²) in [4.78, 5) is 16.5. The Bertz CT molecular complexity index is 1270. The van der Waals surface area contributed by atoms with Gasteiger partial charge in [0.25, 0.3) is 0 Å². The van der Waals surface area contributed by atoms with Crippen LogP contribution in [0.15, 0.2) is 72.8 Å². The van der Waals surface area contributed by atoms with Gasteiger partial charge in [-0.2, -0.15) is 0 Å². The van der Waals surface area contributed by atoms with E-state index in [1.165, 1.54) is 33.4 Å². The maximum atomic E-state index is 2.76. The second-order valence-corrected chi connectivity index (χ2v) is 11.9. The molecule has 0 saturated carbocycles. The van der Waals surface area contributed by atoms with Gasteiger partial charge in [-0.05, 0) is 33.4 Å². The lowest BCUT2D eigenvalue weighted by atomic mass is 9.89. The lowest BCUT2D eigenvalue weighted by molar-refractivity contribution is 0.00931. The molecular weight excluding hydrogens is 456 g/mol. The highest BCUT2D eigenvalue weighted by atomic mass is 15.6. The second-order valence-electron chi connectivity index (χ2n) is 11.9. The lowest BCUT2D eigenvalue weighted by Crippen LogP contribution is -2.45. The van der Waals surface area contributed by atoms with Gasteiger partial charge in [0, 0.05) is 39.3 Å². The average Bonchev–Trinajstić information content (AvgIpc) is 3.68. The quantitative estimate of drug-likeness (QED) is 0.476. The highest BCUT2D eigenvalue weighted by molar-refractivity contribution is 5.42. The molecule has 0 aromatic heterocycles. The molecule has 10 atom stereocenters. The molecule has 7 heterocycles. The summed E-state index contributed by atoms with van der Waals surface area (Å²) in [6.45, 7) is 9.64. The van der Waals surface area contributed by atoms with Gasteiger partial charge in [0.1, 0.15) is 0 Å². The summed E-state index contributed by atoms with van der Waals surface area (Å²) < 4.78 is 0. The van der Waals surface area contributed by atoms with Gasteiger partial charge >= 0.3 is 0 Å². The molecule has 7 aliphatic rings. The standard InChI is InChI=1S/C31H34N6/c1-4-22-16-23(5-1)29-25-7-3-9-27(18-25)31-35-13-10-32(19-35)28(22)24-6-2-8-26(17-24)30(34-12-11-33(29)20-34)36-14-15-37(31)21-36/h1-9,16-18,28-31H,10-15,19-21H2. The molecule has 10 rings (SSSR count). The van der Waals surface area contributed by atoms with E-state index in [1.54, 1.807) is 0 Å². The Hall–Kier alpha value is -2.58. The number of hydrogen-bond donors (Lipinski definition) is 0. The van der Waals surface area contributed by atoms with Crippen molar-refractivity contribution < 1.29 is 0 Å². The summed E-state index contributed by atoms with van der Waals surface area (Å²) in [7, 11) is 0. The van der Waals surface area contributed by atoms with Crippen LogP contribution in [0.4, 0.5) is 0 Å². The molecule has 37 heavy (non-hydrogen) atoms. The summed E-state index contributed by atoms with van der Waals surface area (Å²) >= 11 is 0. The largest absolute Gasteiger partial charge is 0.278 e. The monoisotopic (exact) mass is 490 g/mol.